The minimum absolute atomic E-state index is 0.0523. The molecule has 22 heavy (non-hydrogen) atoms. The fourth-order valence-corrected chi connectivity index (χ4v) is 3.20. The van der Waals surface area contributed by atoms with E-state index in [1.165, 1.54) is 5.69 Å². The van der Waals surface area contributed by atoms with Crippen molar-refractivity contribution in [3.05, 3.63) is 52.8 Å². The standard InChI is InChI=1S/C17H22ClN3O/c1-13-12-22-17(15-5-3-4-6-16(15)18)11-21(13)10-8-14-7-9-19-20(14)2/h3-7,9,13,17H,8,10-12H2,1-2H3/t13-,17-/m0/s1. The fraction of sp³-hybridized carbons (Fsp3) is 0.471. The molecule has 0 saturated carbocycles. The molecular weight excluding hydrogens is 298 g/mol. The number of benzene rings is 1. The second-order valence-corrected chi connectivity index (χ2v) is 6.29. The van der Waals surface area contributed by atoms with Gasteiger partial charge in [-0.3, -0.25) is 9.58 Å². The van der Waals surface area contributed by atoms with Crippen molar-refractivity contribution in [3.63, 3.8) is 0 Å². The van der Waals surface area contributed by atoms with Gasteiger partial charge in [0, 0.05) is 55.1 Å². The number of hydrogen-bond donors (Lipinski definition) is 0. The molecule has 1 aromatic carbocycles. The van der Waals surface area contributed by atoms with Gasteiger partial charge in [0.05, 0.1) is 12.7 Å². The summed E-state index contributed by atoms with van der Waals surface area (Å²) in [6.45, 7) is 4.83. The Balaban J connectivity index is 1.66. The van der Waals surface area contributed by atoms with Gasteiger partial charge in [-0.05, 0) is 19.1 Å². The molecule has 0 spiro atoms. The number of nitrogens with zero attached hydrogens (tertiary/aromatic N) is 3. The smallest absolute Gasteiger partial charge is 0.0967 e. The Bertz CT molecular complexity index is 628. The van der Waals surface area contributed by atoms with Crippen LogP contribution in [0.1, 0.15) is 24.3 Å². The van der Waals surface area contributed by atoms with E-state index < -0.39 is 0 Å². The molecule has 4 nitrogen and oxygen atoms in total. The summed E-state index contributed by atoms with van der Waals surface area (Å²) < 4.78 is 7.95. The van der Waals surface area contributed by atoms with Crippen LogP contribution in [-0.2, 0) is 18.2 Å². The predicted molar refractivity (Wildman–Crippen MR) is 88.1 cm³/mol. The van der Waals surface area contributed by atoms with Gasteiger partial charge in [-0.25, -0.2) is 0 Å². The van der Waals surface area contributed by atoms with E-state index in [-0.39, 0.29) is 6.10 Å². The van der Waals surface area contributed by atoms with Gasteiger partial charge >= 0.3 is 0 Å². The number of halogens is 1. The zero-order valence-electron chi connectivity index (χ0n) is 13.1. The van der Waals surface area contributed by atoms with Crippen molar-refractivity contribution >= 4 is 11.6 Å². The molecule has 1 aromatic heterocycles. The largest absolute Gasteiger partial charge is 0.371 e. The number of rotatable bonds is 4. The molecule has 0 amide bonds. The van der Waals surface area contributed by atoms with Gasteiger partial charge < -0.3 is 4.74 Å². The van der Waals surface area contributed by atoms with Crippen molar-refractivity contribution < 1.29 is 4.74 Å². The summed E-state index contributed by atoms with van der Waals surface area (Å²) in [5, 5.41) is 5.02. The van der Waals surface area contributed by atoms with Crippen LogP contribution in [0.15, 0.2) is 36.5 Å². The molecule has 1 fully saturated rings. The summed E-state index contributed by atoms with van der Waals surface area (Å²) in [4.78, 5) is 2.48. The molecule has 2 atom stereocenters. The molecule has 2 aromatic rings. The number of aromatic nitrogens is 2. The lowest BCUT2D eigenvalue weighted by atomic mass is 10.1. The van der Waals surface area contributed by atoms with Crippen molar-refractivity contribution in [2.24, 2.45) is 7.05 Å². The lowest BCUT2D eigenvalue weighted by molar-refractivity contribution is -0.0595. The molecule has 0 aliphatic carbocycles. The van der Waals surface area contributed by atoms with E-state index in [1.54, 1.807) is 0 Å². The molecule has 1 aliphatic heterocycles. The van der Waals surface area contributed by atoms with E-state index in [0.29, 0.717) is 6.04 Å². The van der Waals surface area contributed by atoms with Gasteiger partial charge in [0.25, 0.3) is 0 Å². The van der Waals surface area contributed by atoms with Gasteiger partial charge in [0.2, 0.25) is 0 Å². The Morgan fingerprint density at radius 2 is 2.14 bits per heavy atom. The van der Waals surface area contributed by atoms with E-state index in [2.05, 4.69) is 29.1 Å². The van der Waals surface area contributed by atoms with Crippen LogP contribution < -0.4 is 0 Å². The summed E-state index contributed by atoms with van der Waals surface area (Å²) >= 11 is 6.31. The topological polar surface area (TPSA) is 30.3 Å². The Morgan fingerprint density at radius 1 is 1.32 bits per heavy atom. The quantitative estimate of drug-likeness (QED) is 0.867. The van der Waals surface area contributed by atoms with Gasteiger partial charge in [0.15, 0.2) is 0 Å². The Hall–Kier alpha value is -1.36. The SMILES string of the molecule is C[C@H]1CO[C@H](c2ccccc2Cl)CN1CCc1ccnn1C. The van der Waals surface area contributed by atoms with Crippen molar-refractivity contribution in [3.8, 4) is 0 Å². The second-order valence-electron chi connectivity index (χ2n) is 5.88. The van der Waals surface area contributed by atoms with Gasteiger partial charge in [-0.1, -0.05) is 29.8 Å². The highest BCUT2D eigenvalue weighted by Crippen LogP contribution is 2.29. The molecule has 1 saturated heterocycles. The highest BCUT2D eigenvalue weighted by molar-refractivity contribution is 6.31. The summed E-state index contributed by atoms with van der Waals surface area (Å²) in [5.41, 5.74) is 2.34. The third-order valence-electron chi connectivity index (χ3n) is 4.39. The molecule has 5 heteroatoms. The van der Waals surface area contributed by atoms with E-state index >= 15 is 0 Å². The maximum absolute atomic E-state index is 6.31. The highest BCUT2D eigenvalue weighted by Gasteiger charge is 2.28. The molecular formula is C17H22ClN3O. The maximum Gasteiger partial charge on any atom is 0.0967 e. The molecule has 0 radical (unpaired) electrons. The Labute approximate surface area is 136 Å². The third kappa shape index (κ3) is 3.35. The first-order valence-corrected chi connectivity index (χ1v) is 8.10. The van der Waals surface area contributed by atoms with Crippen LogP contribution in [0.3, 0.4) is 0 Å². The van der Waals surface area contributed by atoms with Gasteiger partial charge in [0.1, 0.15) is 0 Å². The second kappa shape index (κ2) is 6.82. The van der Waals surface area contributed by atoms with Gasteiger partial charge in [-0.15, -0.1) is 0 Å². The Kier molecular flexibility index (Phi) is 4.81. The fourth-order valence-electron chi connectivity index (χ4n) is 2.95. The van der Waals surface area contributed by atoms with Crippen molar-refractivity contribution in [2.75, 3.05) is 19.7 Å². The molecule has 0 unspecified atom stereocenters. The molecule has 118 valence electrons. The normalized spacial score (nSPS) is 22.9. The summed E-state index contributed by atoms with van der Waals surface area (Å²) in [6, 6.07) is 10.5. The first kappa shape index (κ1) is 15.5. The summed E-state index contributed by atoms with van der Waals surface area (Å²) in [6.07, 6.45) is 2.90. The van der Waals surface area contributed by atoms with Crippen molar-refractivity contribution in [1.29, 1.82) is 0 Å². The number of ether oxygens (including phenoxy) is 1. The average molecular weight is 320 g/mol. The molecule has 2 heterocycles. The van der Waals surface area contributed by atoms with E-state index in [9.17, 15) is 0 Å². The van der Waals surface area contributed by atoms with Crippen molar-refractivity contribution in [1.82, 2.24) is 14.7 Å². The summed E-state index contributed by atoms with van der Waals surface area (Å²) in [5.74, 6) is 0. The molecule has 0 bridgehead atoms. The van der Waals surface area contributed by atoms with Crippen LogP contribution in [0, 0.1) is 0 Å². The predicted octanol–water partition coefficient (Wildman–Crippen LogP) is 3.08. The number of hydrogen-bond acceptors (Lipinski definition) is 3. The van der Waals surface area contributed by atoms with Crippen LogP contribution in [-0.4, -0.2) is 40.4 Å². The monoisotopic (exact) mass is 319 g/mol. The average Bonchev–Trinajstić information content (AvgIpc) is 2.92. The zero-order chi connectivity index (χ0) is 15.5. The van der Waals surface area contributed by atoms with E-state index in [1.807, 2.05) is 36.1 Å². The van der Waals surface area contributed by atoms with Crippen LogP contribution in [0.4, 0.5) is 0 Å². The van der Waals surface area contributed by atoms with Crippen LogP contribution in [0.2, 0.25) is 5.02 Å². The third-order valence-corrected chi connectivity index (χ3v) is 4.74. The molecule has 3 rings (SSSR count). The molecule has 1 aliphatic rings. The first-order valence-electron chi connectivity index (χ1n) is 7.72. The number of aryl methyl sites for hydroxylation is 1. The lowest BCUT2D eigenvalue weighted by Gasteiger charge is -2.38. The van der Waals surface area contributed by atoms with Gasteiger partial charge in [-0.2, -0.15) is 5.10 Å². The van der Waals surface area contributed by atoms with E-state index in [4.69, 9.17) is 16.3 Å². The first-order chi connectivity index (χ1) is 10.6. The van der Waals surface area contributed by atoms with Crippen LogP contribution in [0.25, 0.3) is 0 Å². The Morgan fingerprint density at radius 3 is 2.86 bits per heavy atom. The zero-order valence-corrected chi connectivity index (χ0v) is 13.8. The van der Waals surface area contributed by atoms with Crippen LogP contribution >= 0.6 is 11.6 Å². The number of morpholine rings is 1. The summed E-state index contributed by atoms with van der Waals surface area (Å²) in [7, 11) is 1.99. The van der Waals surface area contributed by atoms with Crippen LogP contribution in [0.5, 0.6) is 0 Å². The molecule has 0 N–H and O–H groups in total. The lowest BCUT2D eigenvalue weighted by Crippen LogP contribution is -2.46. The maximum atomic E-state index is 6.31. The minimum atomic E-state index is 0.0523. The van der Waals surface area contributed by atoms with E-state index in [0.717, 1.165) is 36.7 Å². The van der Waals surface area contributed by atoms with Crippen molar-refractivity contribution in [2.45, 2.75) is 25.5 Å². The minimum Gasteiger partial charge on any atom is -0.371 e. The highest BCUT2D eigenvalue weighted by atomic mass is 35.5.